The number of fused-ring (bicyclic) bond motifs is 2. The maximum Gasteiger partial charge on any atom is 0.248 e. The molecule has 1 aromatic heterocycles. The van der Waals surface area contributed by atoms with Crippen LogP contribution in [0.25, 0.3) is 27.7 Å². The van der Waals surface area contributed by atoms with Crippen LogP contribution in [0.3, 0.4) is 0 Å². The smallest absolute Gasteiger partial charge is 0.248 e. The molecule has 2 aliphatic heterocycles. The topological polar surface area (TPSA) is 69.6 Å². The molecule has 6 rings (SSSR count). The molecular weight excluding hydrogens is 429 g/mol. The Kier molecular flexibility index (Phi) is 4.76. The number of amides is 1. The molecule has 2 N–H and O–H groups in total. The average Bonchev–Trinajstić information content (AvgIpc) is 3.41. The first kappa shape index (κ1) is 19.7. The van der Waals surface area contributed by atoms with Crippen molar-refractivity contribution in [3.05, 3.63) is 88.9 Å². The highest BCUT2D eigenvalue weighted by Gasteiger charge is 2.28. The highest BCUT2D eigenvalue weighted by Crippen LogP contribution is 2.44. The van der Waals surface area contributed by atoms with Gasteiger partial charge in [0.25, 0.3) is 0 Å². The molecule has 2 aliphatic rings. The number of hydrogen-bond acceptors (Lipinski definition) is 3. The number of nitrogens with zero attached hydrogens (tertiary/aromatic N) is 2. The van der Waals surface area contributed by atoms with Crippen LogP contribution < -0.4 is 5.73 Å². The molecule has 170 valence electrons. The molecule has 1 saturated heterocycles. The first-order chi connectivity index (χ1) is 17.0. The fraction of sp³-hybridized carbons (Fsp3) is 0.214. The van der Waals surface area contributed by atoms with Crippen molar-refractivity contribution in [3.63, 3.8) is 0 Å². The van der Waals surface area contributed by atoms with Gasteiger partial charge in [0.2, 0.25) is 5.91 Å². The van der Waals surface area contributed by atoms with Gasteiger partial charge in [0.15, 0.2) is 0 Å². The quantitative estimate of drug-likeness (QED) is 0.451. The Balaban J connectivity index is 1.70. The highest BCUT2D eigenvalue weighted by molar-refractivity contribution is 6.03. The van der Waals surface area contributed by atoms with Crippen LogP contribution in [0.2, 0.25) is 0 Å². The van der Waals surface area contributed by atoms with Gasteiger partial charge in [0.1, 0.15) is 5.82 Å². The summed E-state index contributed by atoms with van der Waals surface area (Å²) in [6.45, 7) is 1.84. The summed E-state index contributed by atoms with van der Waals surface area (Å²) in [4.78, 5) is 16.0. The van der Waals surface area contributed by atoms with E-state index in [2.05, 4.69) is 15.6 Å². The van der Waals surface area contributed by atoms with Gasteiger partial charge in [0, 0.05) is 53.2 Å². The maximum absolute atomic E-state index is 13.9. The summed E-state index contributed by atoms with van der Waals surface area (Å²) < 4.78 is 30.1. The molecule has 0 bridgehead atoms. The van der Waals surface area contributed by atoms with Crippen molar-refractivity contribution in [2.24, 2.45) is 10.7 Å². The van der Waals surface area contributed by atoms with E-state index in [1.54, 1.807) is 24.3 Å². The van der Waals surface area contributed by atoms with Gasteiger partial charge in [-0.05, 0) is 78.1 Å². The lowest BCUT2D eigenvalue weighted by atomic mass is 9.89. The van der Waals surface area contributed by atoms with Crippen LogP contribution in [-0.4, -0.2) is 29.9 Å². The number of aromatic nitrogens is 1. The number of nitrogens with two attached hydrogens (primary N) is 1. The monoisotopic (exact) mass is 454 g/mol. The molecule has 6 heteroatoms. The number of aliphatic imine (C=N–C) groups is 1. The lowest BCUT2D eigenvalue weighted by Crippen LogP contribution is -2.17. The first-order valence-electron chi connectivity index (χ1n) is 12.0. The third-order valence-corrected chi connectivity index (χ3v) is 6.83. The molecule has 5 nitrogen and oxygen atoms in total. The number of hydrogen-bond donors (Lipinski definition) is 1. The van der Waals surface area contributed by atoms with Crippen LogP contribution in [0, 0.1) is 5.82 Å². The second kappa shape index (κ2) is 8.22. The zero-order chi connectivity index (χ0) is 24.1. The van der Waals surface area contributed by atoms with E-state index in [1.807, 2.05) is 18.2 Å². The molecule has 34 heavy (non-hydrogen) atoms. The van der Waals surface area contributed by atoms with Crippen molar-refractivity contribution in [2.75, 3.05) is 13.2 Å². The molecule has 3 aromatic carbocycles. The fourth-order valence-corrected chi connectivity index (χ4v) is 5.17. The van der Waals surface area contributed by atoms with Gasteiger partial charge in [-0.2, -0.15) is 0 Å². The molecule has 0 radical (unpaired) electrons. The van der Waals surface area contributed by atoms with Crippen LogP contribution in [-0.2, 0) is 11.3 Å². The molecule has 1 amide bonds. The number of halogens is 1. The first-order valence-corrected chi connectivity index (χ1v) is 11.5. The molecule has 0 spiro atoms. The van der Waals surface area contributed by atoms with Gasteiger partial charge in [-0.3, -0.25) is 9.79 Å². The Labute approximate surface area is 198 Å². The summed E-state index contributed by atoms with van der Waals surface area (Å²) in [6, 6.07) is 18.1. The molecule has 0 aliphatic carbocycles. The number of ether oxygens (including phenoxy) is 1. The summed E-state index contributed by atoms with van der Waals surface area (Å²) in [5.41, 5.74) is 12.8. The molecule has 0 saturated carbocycles. The molecule has 0 unspecified atom stereocenters. The summed E-state index contributed by atoms with van der Waals surface area (Å²) >= 11 is 0. The van der Waals surface area contributed by atoms with Crippen molar-refractivity contribution >= 4 is 23.0 Å². The van der Waals surface area contributed by atoms with Crippen molar-refractivity contribution in [3.8, 4) is 16.8 Å². The third-order valence-electron chi connectivity index (χ3n) is 6.83. The van der Waals surface area contributed by atoms with E-state index in [9.17, 15) is 9.18 Å². The average molecular weight is 455 g/mol. The standard InChI is InChI=1S/C28H24FN3O2/c29-22-5-7-23(8-6-22)32-25-14-21-16-31-15-20(21)13-24(25)26(27(32)18-9-11-34-12-10-18)17-1-3-19(4-2-17)28(30)33/h1-8,13-14,16,18H,9-12,15H2,(H2,30,33)/i16D. The molecular formula is C28H24FN3O2. The highest BCUT2D eigenvalue weighted by atomic mass is 19.1. The second-order valence-corrected chi connectivity index (χ2v) is 8.85. The predicted octanol–water partition coefficient (Wildman–Crippen LogP) is 5.36. The van der Waals surface area contributed by atoms with E-state index >= 15 is 0 Å². The Morgan fingerprint density at radius 1 is 1.09 bits per heavy atom. The number of carbonyl (C=O) groups is 1. The van der Waals surface area contributed by atoms with Crippen molar-refractivity contribution in [1.29, 1.82) is 0 Å². The van der Waals surface area contributed by atoms with Crippen LogP contribution in [0.15, 0.2) is 65.7 Å². The molecule has 0 atom stereocenters. The Morgan fingerprint density at radius 3 is 2.53 bits per heavy atom. The number of carbonyl (C=O) groups excluding carboxylic acids is 1. The summed E-state index contributed by atoms with van der Waals surface area (Å²) in [6.07, 6.45) is 2.03. The summed E-state index contributed by atoms with van der Waals surface area (Å²) in [5.74, 6) is -0.527. The Morgan fingerprint density at radius 2 is 1.82 bits per heavy atom. The normalized spacial score (nSPS) is 16.4. The van der Waals surface area contributed by atoms with Crippen molar-refractivity contribution in [2.45, 2.75) is 25.3 Å². The lowest BCUT2D eigenvalue weighted by molar-refractivity contribution is 0.0843. The van der Waals surface area contributed by atoms with E-state index in [0.717, 1.165) is 57.4 Å². The van der Waals surface area contributed by atoms with Crippen LogP contribution in [0.4, 0.5) is 4.39 Å². The van der Waals surface area contributed by atoms with Gasteiger partial charge >= 0.3 is 0 Å². The minimum Gasteiger partial charge on any atom is -0.381 e. The van der Waals surface area contributed by atoms with E-state index < -0.39 is 5.91 Å². The minimum absolute atomic E-state index is 0.228. The Bertz CT molecular complexity index is 1480. The molecule has 1 fully saturated rings. The van der Waals surface area contributed by atoms with Crippen molar-refractivity contribution < 1.29 is 15.3 Å². The van der Waals surface area contributed by atoms with Gasteiger partial charge < -0.3 is 15.0 Å². The molecule has 3 heterocycles. The second-order valence-electron chi connectivity index (χ2n) is 8.85. The SMILES string of the molecule is [2H]C1=NCc2cc3c(-c4ccc(C(N)=O)cc4)c(C4CCOCC4)n(-c4ccc(F)cc4)c3cc21. The van der Waals surface area contributed by atoms with Gasteiger partial charge in [-0.25, -0.2) is 4.39 Å². The zero-order valence-electron chi connectivity index (χ0n) is 19.6. The predicted molar refractivity (Wildman–Crippen MR) is 131 cm³/mol. The van der Waals surface area contributed by atoms with Gasteiger partial charge in [-0.15, -0.1) is 0 Å². The van der Waals surface area contributed by atoms with Gasteiger partial charge in [0.05, 0.1) is 13.4 Å². The summed E-state index contributed by atoms with van der Waals surface area (Å²) in [7, 11) is 0. The fourth-order valence-electron chi connectivity index (χ4n) is 5.17. The third kappa shape index (κ3) is 3.42. The maximum atomic E-state index is 13.9. The van der Waals surface area contributed by atoms with Crippen molar-refractivity contribution in [1.82, 2.24) is 4.57 Å². The van der Waals surface area contributed by atoms with Crippen LogP contribution in [0.5, 0.6) is 0 Å². The van der Waals surface area contributed by atoms with Crippen LogP contribution >= 0.6 is 0 Å². The van der Waals surface area contributed by atoms with Gasteiger partial charge in [-0.1, -0.05) is 12.1 Å². The van der Waals surface area contributed by atoms with E-state index in [-0.39, 0.29) is 17.9 Å². The Hall–Kier alpha value is -3.77. The summed E-state index contributed by atoms with van der Waals surface area (Å²) in [5, 5.41) is 1.05. The number of rotatable bonds is 4. The van der Waals surface area contributed by atoms with E-state index in [0.29, 0.717) is 25.3 Å². The van der Waals surface area contributed by atoms with E-state index in [4.69, 9.17) is 11.8 Å². The molecule has 4 aromatic rings. The van der Waals surface area contributed by atoms with Crippen LogP contribution in [0.1, 0.15) is 47.3 Å². The largest absolute Gasteiger partial charge is 0.381 e. The minimum atomic E-state index is -0.465. The van der Waals surface area contributed by atoms with E-state index in [1.165, 1.54) is 12.1 Å². The number of benzene rings is 3. The lowest BCUT2D eigenvalue weighted by Gasteiger charge is -2.26. The number of primary amides is 1. The zero-order valence-corrected chi connectivity index (χ0v) is 18.6.